The number of likely N-dealkylation sites (tertiary alicyclic amines) is 1. The molecule has 1 heterocycles. The maximum absolute atomic E-state index is 12.7. The second-order valence-electron chi connectivity index (χ2n) is 5.41. The fraction of sp³-hybridized carbons (Fsp3) is 0.278. The third-order valence-electron chi connectivity index (χ3n) is 3.80. The van der Waals surface area contributed by atoms with Gasteiger partial charge in [-0.25, -0.2) is 0 Å². The normalized spacial score (nSPS) is 14.1. The molecule has 3 rings (SSSR count). The summed E-state index contributed by atoms with van der Waals surface area (Å²) in [5.41, 5.74) is 1.72. The summed E-state index contributed by atoms with van der Waals surface area (Å²) in [6, 6.07) is 15.6. The predicted octanol–water partition coefficient (Wildman–Crippen LogP) is 4.26. The molecule has 1 fully saturated rings. The Morgan fingerprint density at radius 2 is 1.82 bits per heavy atom. The number of amides is 1. The zero-order valence-corrected chi connectivity index (χ0v) is 13.9. The van der Waals surface area contributed by atoms with Gasteiger partial charge >= 0.3 is 0 Å². The molecule has 0 atom stereocenters. The molecule has 0 saturated carbocycles. The Morgan fingerprint density at radius 1 is 1.09 bits per heavy atom. The summed E-state index contributed by atoms with van der Waals surface area (Å²) in [4.78, 5) is 14.6. The van der Waals surface area contributed by atoms with E-state index >= 15 is 0 Å². The van der Waals surface area contributed by atoms with Crippen LogP contribution in [0.1, 0.15) is 28.8 Å². The average molecular weight is 360 g/mol. The highest BCUT2D eigenvalue weighted by molar-refractivity contribution is 9.10. The SMILES string of the molecule is O=C(c1cc(Br)ccc1OCc1ccccc1)N1CCCC1. The van der Waals surface area contributed by atoms with E-state index in [4.69, 9.17) is 4.74 Å². The van der Waals surface area contributed by atoms with Gasteiger partial charge in [0.15, 0.2) is 0 Å². The molecule has 4 heteroatoms. The van der Waals surface area contributed by atoms with E-state index in [0.717, 1.165) is 36.0 Å². The molecular weight excluding hydrogens is 342 g/mol. The molecule has 0 aliphatic carbocycles. The molecule has 2 aromatic rings. The van der Waals surface area contributed by atoms with Crippen molar-refractivity contribution in [1.29, 1.82) is 0 Å². The summed E-state index contributed by atoms with van der Waals surface area (Å²) < 4.78 is 6.78. The molecule has 3 nitrogen and oxygen atoms in total. The van der Waals surface area contributed by atoms with Crippen molar-refractivity contribution in [1.82, 2.24) is 4.90 Å². The van der Waals surface area contributed by atoms with Gasteiger partial charge in [0.05, 0.1) is 5.56 Å². The first-order chi connectivity index (χ1) is 10.7. The number of hydrogen-bond donors (Lipinski definition) is 0. The van der Waals surface area contributed by atoms with Crippen molar-refractivity contribution in [3.05, 3.63) is 64.1 Å². The van der Waals surface area contributed by atoms with E-state index in [9.17, 15) is 4.79 Å². The van der Waals surface area contributed by atoms with Gasteiger partial charge in [0.1, 0.15) is 12.4 Å². The lowest BCUT2D eigenvalue weighted by Crippen LogP contribution is -2.28. The molecular formula is C18H18BrNO2. The summed E-state index contributed by atoms with van der Waals surface area (Å²) in [5, 5.41) is 0. The van der Waals surface area contributed by atoms with Crippen molar-refractivity contribution in [2.75, 3.05) is 13.1 Å². The van der Waals surface area contributed by atoms with Crippen molar-refractivity contribution in [2.45, 2.75) is 19.4 Å². The third kappa shape index (κ3) is 3.50. The number of carbonyl (C=O) groups excluding carboxylic acids is 1. The van der Waals surface area contributed by atoms with Gasteiger partial charge in [-0.15, -0.1) is 0 Å². The van der Waals surface area contributed by atoms with Crippen LogP contribution in [0.5, 0.6) is 5.75 Å². The average Bonchev–Trinajstić information content (AvgIpc) is 3.08. The Morgan fingerprint density at radius 3 is 2.55 bits per heavy atom. The highest BCUT2D eigenvalue weighted by atomic mass is 79.9. The lowest BCUT2D eigenvalue weighted by atomic mass is 10.1. The van der Waals surface area contributed by atoms with Gasteiger partial charge in [0.2, 0.25) is 0 Å². The maximum Gasteiger partial charge on any atom is 0.257 e. The van der Waals surface area contributed by atoms with Gasteiger partial charge < -0.3 is 9.64 Å². The molecule has 0 spiro atoms. The smallest absolute Gasteiger partial charge is 0.257 e. The molecule has 1 amide bonds. The number of benzene rings is 2. The Kier molecular flexibility index (Phi) is 4.78. The van der Waals surface area contributed by atoms with Crippen molar-refractivity contribution in [3.8, 4) is 5.75 Å². The Labute approximate surface area is 139 Å². The van der Waals surface area contributed by atoms with Gasteiger partial charge in [-0.3, -0.25) is 4.79 Å². The van der Waals surface area contributed by atoms with Crippen LogP contribution in [0, 0.1) is 0 Å². The zero-order valence-electron chi connectivity index (χ0n) is 12.3. The topological polar surface area (TPSA) is 29.5 Å². The molecule has 1 aliphatic rings. The van der Waals surface area contributed by atoms with Crippen molar-refractivity contribution < 1.29 is 9.53 Å². The minimum Gasteiger partial charge on any atom is -0.488 e. The van der Waals surface area contributed by atoms with Crippen LogP contribution in [0.25, 0.3) is 0 Å². The number of ether oxygens (including phenoxy) is 1. The van der Waals surface area contributed by atoms with Crippen LogP contribution in [0.4, 0.5) is 0 Å². The first kappa shape index (κ1) is 15.1. The van der Waals surface area contributed by atoms with Crippen LogP contribution in [-0.2, 0) is 6.61 Å². The van der Waals surface area contributed by atoms with Crippen molar-refractivity contribution in [3.63, 3.8) is 0 Å². The third-order valence-corrected chi connectivity index (χ3v) is 4.30. The standard InChI is InChI=1S/C18H18BrNO2/c19-15-8-9-17(22-13-14-6-2-1-3-7-14)16(12-15)18(21)20-10-4-5-11-20/h1-3,6-9,12H,4-5,10-11,13H2. The molecule has 1 aliphatic heterocycles. The quantitative estimate of drug-likeness (QED) is 0.815. The number of nitrogens with zero attached hydrogens (tertiary/aromatic N) is 1. The van der Waals surface area contributed by atoms with E-state index in [-0.39, 0.29) is 5.91 Å². The predicted molar refractivity (Wildman–Crippen MR) is 90.1 cm³/mol. The van der Waals surface area contributed by atoms with Crippen LogP contribution in [-0.4, -0.2) is 23.9 Å². The van der Waals surface area contributed by atoms with Crippen LogP contribution >= 0.6 is 15.9 Å². The Bertz CT molecular complexity index is 651. The largest absolute Gasteiger partial charge is 0.488 e. The number of carbonyl (C=O) groups is 1. The summed E-state index contributed by atoms with van der Waals surface area (Å²) in [6.45, 7) is 2.13. The molecule has 0 N–H and O–H groups in total. The molecule has 0 radical (unpaired) electrons. The Hall–Kier alpha value is -1.81. The van der Waals surface area contributed by atoms with Gasteiger partial charge in [-0.05, 0) is 36.6 Å². The molecule has 114 valence electrons. The second kappa shape index (κ2) is 6.97. The minimum absolute atomic E-state index is 0.0573. The number of hydrogen-bond acceptors (Lipinski definition) is 2. The maximum atomic E-state index is 12.7. The van der Waals surface area contributed by atoms with Gasteiger partial charge in [-0.1, -0.05) is 46.3 Å². The highest BCUT2D eigenvalue weighted by Gasteiger charge is 2.22. The van der Waals surface area contributed by atoms with Crippen molar-refractivity contribution in [2.24, 2.45) is 0 Å². The monoisotopic (exact) mass is 359 g/mol. The Balaban J connectivity index is 1.79. The van der Waals surface area contributed by atoms with E-state index in [1.165, 1.54) is 0 Å². The summed E-state index contributed by atoms with van der Waals surface area (Å²) >= 11 is 3.44. The summed E-state index contributed by atoms with van der Waals surface area (Å²) in [5.74, 6) is 0.700. The van der Waals surface area contributed by atoms with E-state index in [1.54, 1.807) is 0 Å². The summed E-state index contributed by atoms with van der Waals surface area (Å²) in [6.07, 6.45) is 2.17. The molecule has 22 heavy (non-hydrogen) atoms. The fourth-order valence-corrected chi connectivity index (χ4v) is 2.98. The van der Waals surface area contributed by atoms with Gasteiger partial charge in [0.25, 0.3) is 5.91 Å². The zero-order chi connectivity index (χ0) is 15.4. The van der Waals surface area contributed by atoms with Crippen LogP contribution in [0.3, 0.4) is 0 Å². The second-order valence-corrected chi connectivity index (χ2v) is 6.33. The van der Waals surface area contributed by atoms with E-state index in [1.807, 2.05) is 53.4 Å². The molecule has 0 unspecified atom stereocenters. The number of rotatable bonds is 4. The fourth-order valence-electron chi connectivity index (χ4n) is 2.62. The molecule has 2 aromatic carbocycles. The summed E-state index contributed by atoms with van der Waals surface area (Å²) in [7, 11) is 0. The number of halogens is 1. The highest BCUT2D eigenvalue weighted by Crippen LogP contribution is 2.26. The van der Waals surface area contributed by atoms with E-state index < -0.39 is 0 Å². The van der Waals surface area contributed by atoms with Crippen molar-refractivity contribution >= 4 is 21.8 Å². The van der Waals surface area contributed by atoms with Gasteiger partial charge in [0, 0.05) is 17.6 Å². The lowest BCUT2D eigenvalue weighted by Gasteiger charge is -2.18. The van der Waals surface area contributed by atoms with Crippen LogP contribution < -0.4 is 4.74 Å². The van der Waals surface area contributed by atoms with Gasteiger partial charge in [-0.2, -0.15) is 0 Å². The van der Waals surface area contributed by atoms with Crippen LogP contribution in [0.15, 0.2) is 53.0 Å². The van der Waals surface area contributed by atoms with E-state index in [2.05, 4.69) is 15.9 Å². The molecule has 0 bridgehead atoms. The lowest BCUT2D eigenvalue weighted by molar-refractivity contribution is 0.0788. The first-order valence-corrected chi connectivity index (χ1v) is 8.29. The van der Waals surface area contributed by atoms with Crippen LogP contribution in [0.2, 0.25) is 0 Å². The first-order valence-electron chi connectivity index (χ1n) is 7.49. The molecule has 1 saturated heterocycles. The minimum atomic E-state index is 0.0573. The molecule has 0 aromatic heterocycles. The van der Waals surface area contributed by atoms with E-state index in [0.29, 0.717) is 17.9 Å².